The summed E-state index contributed by atoms with van der Waals surface area (Å²) in [6.45, 7) is 3.60. The first-order valence-corrected chi connectivity index (χ1v) is 10.3. The summed E-state index contributed by atoms with van der Waals surface area (Å²) in [5.41, 5.74) is -0.502. The third-order valence-corrected chi connectivity index (χ3v) is 5.19. The maximum Gasteiger partial charge on any atom is 0.417 e. The molecule has 172 valence electrons. The molecular formula is C21H22ClF3N4O3. The van der Waals surface area contributed by atoms with Crippen LogP contribution in [-0.2, 0) is 11.0 Å². The van der Waals surface area contributed by atoms with E-state index in [0.717, 1.165) is 12.3 Å². The SMILES string of the molecule is CCOc1ccc(C(=O)NCC(=O)N2CCN(c3ncc(C(F)(F)F)cc3Cl)CC2)cc1. The molecule has 1 fully saturated rings. The van der Waals surface area contributed by atoms with E-state index in [0.29, 0.717) is 44.1 Å². The third-order valence-electron chi connectivity index (χ3n) is 4.91. The van der Waals surface area contributed by atoms with Crippen molar-refractivity contribution in [2.24, 2.45) is 0 Å². The van der Waals surface area contributed by atoms with Gasteiger partial charge in [-0.3, -0.25) is 9.59 Å². The fraction of sp³-hybridized carbons (Fsp3) is 0.381. The Bertz CT molecular complexity index is 962. The van der Waals surface area contributed by atoms with Gasteiger partial charge in [-0.05, 0) is 37.3 Å². The van der Waals surface area contributed by atoms with Crippen LogP contribution in [0.2, 0.25) is 5.02 Å². The van der Waals surface area contributed by atoms with Crippen LogP contribution >= 0.6 is 11.6 Å². The topological polar surface area (TPSA) is 74.8 Å². The van der Waals surface area contributed by atoms with Crippen molar-refractivity contribution in [2.75, 3.05) is 44.2 Å². The van der Waals surface area contributed by atoms with Gasteiger partial charge in [-0.1, -0.05) is 11.6 Å². The lowest BCUT2D eigenvalue weighted by Crippen LogP contribution is -2.51. The van der Waals surface area contributed by atoms with Gasteiger partial charge in [-0.25, -0.2) is 4.98 Å². The largest absolute Gasteiger partial charge is 0.494 e. The van der Waals surface area contributed by atoms with Gasteiger partial charge in [0, 0.05) is 37.9 Å². The standard InChI is InChI=1S/C21H22ClF3N4O3/c1-2-32-16-5-3-14(4-6-16)20(31)27-13-18(30)28-7-9-29(10-8-28)19-17(22)11-15(12-26-19)21(23,24)25/h3-6,11-12H,2,7-10,13H2,1H3,(H,27,31). The van der Waals surface area contributed by atoms with Crippen molar-refractivity contribution < 1.29 is 27.5 Å². The van der Waals surface area contributed by atoms with Crippen LogP contribution in [0.4, 0.5) is 19.0 Å². The number of hydrogen-bond acceptors (Lipinski definition) is 5. The van der Waals surface area contributed by atoms with Crippen LogP contribution in [0.15, 0.2) is 36.5 Å². The van der Waals surface area contributed by atoms with Gasteiger partial charge in [0.25, 0.3) is 5.91 Å². The number of carbonyl (C=O) groups excluding carboxylic acids is 2. The number of nitrogens with one attached hydrogen (secondary N) is 1. The Morgan fingerprint density at radius 3 is 2.38 bits per heavy atom. The molecular weight excluding hydrogens is 449 g/mol. The van der Waals surface area contributed by atoms with E-state index in [4.69, 9.17) is 16.3 Å². The van der Waals surface area contributed by atoms with E-state index in [-0.39, 0.29) is 29.2 Å². The van der Waals surface area contributed by atoms with E-state index < -0.39 is 11.7 Å². The predicted molar refractivity (Wildman–Crippen MR) is 113 cm³/mol. The number of pyridine rings is 1. The Hall–Kier alpha value is -3.01. The predicted octanol–water partition coefficient (Wildman–Crippen LogP) is 3.23. The number of anilines is 1. The monoisotopic (exact) mass is 470 g/mol. The zero-order chi connectivity index (χ0) is 23.3. The minimum atomic E-state index is -4.52. The molecule has 1 aromatic heterocycles. The van der Waals surface area contributed by atoms with Crippen molar-refractivity contribution in [3.8, 4) is 5.75 Å². The van der Waals surface area contributed by atoms with E-state index in [2.05, 4.69) is 10.3 Å². The molecule has 2 heterocycles. The Morgan fingerprint density at radius 2 is 1.81 bits per heavy atom. The molecule has 2 amide bonds. The molecule has 0 atom stereocenters. The molecule has 0 bridgehead atoms. The molecule has 1 saturated heterocycles. The summed E-state index contributed by atoms with van der Waals surface area (Å²) < 4.78 is 43.7. The van der Waals surface area contributed by atoms with Gasteiger partial charge in [0.2, 0.25) is 5.91 Å². The van der Waals surface area contributed by atoms with Crippen LogP contribution in [-0.4, -0.2) is 61.0 Å². The number of benzene rings is 1. The van der Waals surface area contributed by atoms with E-state index in [1.54, 1.807) is 34.1 Å². The summed E-state index contributed by atoms with van der Waals surface area (Å²) >= 11 is 6.00. The molecule has 0 unspecified atom stereocenters. The average molecular weight is 471 g/mol. The first-order valence-electron chi connectivity index (χ1n) is 9.95. The fourth-order valence-electron chi connectivity index (χ4n) is 3.23. The molecule has 0 spiro atoms. The van der Waals surface area contributed by atoms with Crippen molar-refractivity contribution in [1.82, 2.24) is 15.2 Å². The minimum absolute atomic E-state index is 0.0952. The number of aromatic nitrogens is 1. The quantitative estimate of drug-likeness (QED) is 0.701. The van der Waals surface area contributed by atoms with Crippen molar-refractivity contribution in [1.29, 1.82) is 0 Å². The Balaban J connectivity index is 1.49. The van der Waals surface area contributed by atoms with Gasteiger partial charge in [0.05, 0.1) is 23.7 Å². The molecule has 3 rings (SSSR count). The van der Waals surface area contributed by atoms with Crippen molar-refractivity contribution in [3.05, 3.63) is 52.7 Å². The molecule has 1 aliphatic heterocycles. The lowest BCUT2D eigenvalue weighted by Gasteiger charge is -2.35. The number of ether oxygens (including phenoxy) is 1. The van der Waals surface area contributed by atoms with E-state index in [9.17, 15) is 22.8 Å². The van der Waals surface area contributed by atoms with Crippen LogP contribution in [0, 0.1) is 0 Å². The van der Waals surface area contributed by atoms with Gasteiger partial charge >= 0.3 is 6.18 Å². The summed E-state index contributed by atoms with van der Waals surface area (Å²) in [5, 5.41) is 2.50. The summed E-state index contributed by atoms with van der Waals surface area (Å²) in [6.07, 6.45) is -3.77. The minimum Gasteiger partial charge on any atom is -0.494 e. The van der Waals surface area contributed by atoms with Crippen LogP contribution < -0.4 is 15.0 Å². The molecule has 1 aliphatic rings. The highest BCUT2D eigenvalue weighted by Crippen LogP contribution is 2.33. The molecule has 32 heavy (non-hydrogen) atoms. The smallest absolute Gasteiger partial charge is 0.417 e. The van der Waals surface area contributed by atoms with E-state index >= 15 is 0 Å². The van der Waals surface area contributed by atoms with E-state index in [1.165, 1.54) is 0 Å². The third kappa shape index (κ3) is 5.82. The van der Waals surface area contributed by atoms with Crippen molar-refractivity contribution in [2.45, 2.75) is 13.1 Å². The highest BCUT2D eigenvalue weighted by atomic mass is 35.5. The second kappa shape index (κ2) is 10.1. The zero-order valence-corrected chi connectivity index (χ0v) is 18.0. The van der Waals surface area contributed by atoms with E-state index in [1.807, 2.05) is 6.92 Å². The molecule has 1 aromatic carbocycles. The molecule has 2 aromatic rings. The first kappa shape index (κ1) is 23.6. The van der Waals surface area contributed by atoms with Gasteiger partial charge in [0.15, 0.2) is 0 Å². The number of alkyl halides is 3. The van der Waals surface area contributed by atoms with Crippen molar-refractivity contribution >= 4 is 29.2 Å². The molecule has 7 nitrogen and oxygen atoms in total. The maximum absolute atomic E-state index is 12.8. The molecule has 1 N–H and O–H groups in total. The maximum atomic E-state index is 12.8. The Labute approximate surface area is 188 Å². The highest BCUT2D eigenvalue weighted by Gasteiger charge is 2.32. The molecule has 0 saturated carbocycles. The lowest BCUT2D eigenvalue weighted by molar-refractivity contribution is -0.137. The second-order valence-corrected chi connectivity index (χ2v) is 7.44. The van der Waals surface area contributed by atoms with Crippen LogP contribution in [0.3, 0.4) is 0 Å². The van der Waals surface area contributed by atoms with Gasteiger partial charge < -0.3 is 19.9 Å². The fourth-order valence-corrected chi connectivity index (χ4v) is 3.51. The van der Waals surface area contributed by atoms with Gasteiger partial charge in [0.1, 0.15) is 11.6 Å². The van der Waals surface area contributed by atoms with Crippen molar-refractivity contribution in [3.63, 3.8) is 0 Å². The number of carbonyl (C=O) groups is 2. The molecule has 11 heteroatoms. The summed E-state index contributed by atoms with van der Waals surface area (Å²) in [6, 6.07) is 7.44. The van der Waals surface area contributed by atoms with Gasteiger partial charge in [-0.2, -0.15) is 13.2 Å². The number of rotatable bonds is 6. The van der Waals surface area contributed by atoms with Gasteiger partial charge in [-0.15, -0.1) is 0 Å². The first-order chi connectivity index (χ1) is 15.2. The number of halogens is 4. The van der Waals surface area contributed by atoms with Crippen LogP contribution in [0.1, 0.15) is 22.8 Å². The number of hydrogen-bond donors (Lipinski definition) is 1. The summed E-state index contributed by atoms with van der Waals surface area (Å²) in [4.78, 5) is 31.8. The molecule has 0 aliphatic carbocycles. The second-order valence-electron chi connectivity index (χ2n) is 7.04. The van der Waals surface area contributed by atoms with Crippen LogP contribution in [0.5, 0.6) is 5.75 Å². The lowest BCUT2D eigenvalue weighted by atomic mass is 10.2. The highest BCUT2D eigenvalue weighted by molar-refractivity contribution is 6.33. The Kier molecular flexibility index (Phi) is 7.44. The number of nitrogens with zero attached hydrogens (tertiary/aromatic N) is 3. The molecule has 0 radical (unpaired) electrons. The van der Waals surface area contributed by atoms with Crippen LogP contribution in [0.25, 0.3) is 0 Å². The average Bonchev–Trinajstić information content (AvgIpc) is 2.77. The zero-order valence-electron chi connectivity index (χ0n) is 17.3. The number of amides is 2. The number of piperazine rings is 1. The normalized spacial score (nSPS) is 14.3. The summed E-state index contributed by atoms with van der Waals surface area (Å²) in [7, 11) is 0. The summed E-state index contributed by atoms with van der Waals surface area (Å²) in [5.74, 6) is 0.271. The Morgan fingerprint density at radius 1 is 1.16 bits per heavy atom.